The zero-order valence-electron chi connectivity index (χ0n) is 17.7. The molecule has 0 unspecified atom stereocenters. The Morgan fingerprint density at radius 2 is 2.03 bits per heavy atom. The van der Waals surface area contributed by atoms with Gasteiger partial charge in [-0.25, -0.2) is 0 Å². The molecule has 1 fully saturated rings. The van der Waals surface area contributed by atoms with Gasteiger partial charge < -0.3 is 14.2 Å². The van der Waals surface area contributed by atoms with Crippen molar-refractivity contribution in [3.63, 3.8) is 0 Å². The first-order chi connectivity index (χ1) is 15.1. The van der Waals surface area contributed by atoms with Crippen molar-refractivity contribution in [3.8, 4) is 11.5 Å². The van der Waals surface area contributed by atoms with Crippen LogP contribution in [0.15, 0.2) is 41.5 Å². The number of methoxy groups -OCH3 is 1. The number of anilines is 1. The van der Waals surface area contributed by atoms with E-state index in [0.29, 0.717) is 17.4 Å². The lowest BCUT2D eigenvalue weighted by Gasteiger charge is -2.26. The molecule has 0 aliphatic carbocycles. The fourth-order valence-electron chi connectivity index (χ4n) is 3.40. The van der Waals surface area contributed by atoms with E-state index in [4.69, 9.17) is 25.8 Å². The number of nitrogens with one attached hydrogen (secondary N) is 1. The van der Waals surface area contributed by atoms with Gasteiger partial charge in [0.2, 0.25) is 0 Å². The van der Waals surface area contributed by atoms with E-state index in [2.05, 4.69) is 34.5 Å². The second-order valence-corrected chi connectivity index (χ2v) is 8.76. The summed E-state index contributed by atoms with van der Waals surface area (Å²) in [5.74, 6) is 1.41. The van der Waals surface area contributed by atoms with Crippen LogP contribution in [0.1, 0.15) is 11.1 Å². The SMILES string of the molecule is COc1cc(C=NNc2sc3cc(C)ccc3c2Cl)ccc1OCCN1CCOCC1. The van der Waals surface area contributed by atoms with E-state index < -0.39 is 0 Å². The second-order valence-electron chi connectivity index (χ2n) is 7.33. The number of halogens is 1. The number of ether oxygens (including phenoxy) is 3. The van der Waals surface area contributed by atoms with Crippen LogP contribution < -0.4 is 14.9 Å². The van der Waals surface area contributed by atoms with Gasteiger partial charge in [0.25, 0.3) is 0 Å². The number of fused-ring (bicyclic) bond motifs is 1. The van der Waals surface area contributed by atoms with Crippen molar-refractivity contribution in [1.82, 2.24) is 4.90 Å². The fourth-order valence-corrected chi connectivity index (χ4v) is 4.82. The molecule has 1 N–H and O–H groups in total. The molecule has 2 heterocycles. The van der Waals surface area contributed by atoms with Crippen LogP contribution in [-0.2, 0) is 4.74 Å². The first-order valence-electron chi connectivity index (χ1n) is 10.2. The van der Waals surface area contributed by atoms with Crippen molar-refractivity contribution in [1.29, 1.82) is 0 Å². The second kappa shape index (κ2) is 10.3. The van der Waals surface area contributed by atoms with E-state index >= 15 is 0 Å². The molecule has 31 heavy (non-hydrogen) atoms. The van der Waals surface area contributed by atoms with E-state index in [1.54, 1.807) is 24.7 Å². The van der Waals surface area contributed by atoms with Gasteiger partial charge in [0.05, 0.1) is 31.6 Å². The van der Waals surface area contributed by atoms with E-state index in [1.165, 1.54) is 5.56 Å². The number of hydrazone groups is 1. The molecular weight excluding hydrogens is 434 g/mol. The van der Waals surface area contributed by atoms with Crippen molar-refractivity contribution in [2.45, 2.75) is 6.92 Å². The molecule has 164 valence electrons. The van der Waals surface area contributed by atoms with Crippen molar-refractivity contribution in [2.24, 2.45) is 5.10 Å². The lowest BCUT2D eigenvalue weighted by atomic mass is 10.2. The summed E-state index contributed by atoms with van der Waals surface area (Å²) in [7, 11) is 1.64. The molecule has 4 rings (SSSR count). The maximum atomic E-state index is 6.49. The number of nitrogens with zero attached hydrogens (tertiary/aromatic N) is 2. The molecule has 1 saturated heterocycles. The van der Waals surface area contributed by atoms with Crippen LogP contribution >= 0.6 is 22.9 Å². The summed E-state index contributed by atoms with van der Waals surface area (Å²) in [6, 6.07) is 12.0. The summed E-state index contributed by atoms with van der Waals surface area (Å²) in [5.41, 5.74) is 5.17. The zero-order chi connectivity index (χ0) is 21.6. The number of aryl methyl sites for hydroxylation is 1. The number of hydrogen-bond acceptors (Lipinski definition) is 7. The van der Waals surface area contributed by atoms with Gasteiger partial charge in [-0.3, -0.25) is 10.3 Å². The number of morpholine rings is 1. The average Bonchev–Trinajstić information content (AvgIpc) is 3.09. The third-order valence-electron chi connectivity index (χ3n) is 5.12. The maximum Gasteiger partial charge on any atom is 0.161 e. The number of benzene rings is 2. The molecule has 0 amide bonds. The Kier molecular flexibility index (Phi) is 7.29. The van der Waals surface area contributed by atoms with Gasteiger partial charge in [-0.1, -0.05) is 23.7 Å². The minimum Gasteiger partial charge on any atom is -0.493 e. The topological polar surface area (TPSA) is 55.3 Å². The highest BCUT2D eigenvalue weighted by Crippen LogP contribution is 2.39. The van der Waals surface area contributed by atoms with Gasteiger partial charge in [0.1, 0.15) is 11.6 Å². The van der Waals surface area contributed by atoms with Crippen LogP contribution in [0, 0.1) is 6.92 Å². The Morgan fingerprint density at radius 3 is 2.84 bits per heavy atom. The first-order valence-corrected chi connectivity index (χ1v) is 11.4. The molecule has 0 saturated carbocycles. The van der Waals surface area contributed by atoms with Gasteiger partial charge in [-0.2, -0.15) is 5.10 Å². The van der Waals surface area contributed by atoms with Crippen LogP contribution in [0.3, 0.4) is 0 Å². The standard InChI is InChI=1S/C23H26ClN3O3S/c1-16-3-5-18-21(13-16)31-23(22(18)24)26-25-15-17-4-6-19(20(14-17)28-2)30-12-9-27-7-10-29-11-8-27/h3-6,13-15,26H,7-12H2,1-2H3. The van der Waals surface area contributed by atoms with Crippen LogP contribution in [0.5, 0.6) is 11.5 Å². The Hall–Kier alpha value is -2.32. The molecule has 1 aliphatic rings. The molecule has 0 atom stereocenters. The molecule has 0 radical (unpaired) electrons. The quantitative estimate of drug-likeness (QED) is 0.378. The third-order valence-corrected chi connectivity index (χ3v) is 6.68. The average molecular weight is 460 g/mol. The molecule has 1 aliphatic heterocycles. The summed E-state index contributed by atoms with van der Waals surface area (Å²) in [6.07, 6.45) is 1.74. The minimum absolute atomic E-state index is 0.606. The Morgan fingerprint density at radius 1 is 1.19 bits per heavy atom. The van der Waals surface area contributed by atoms with Crippen LogP contribution in [-0.4, -0.2) is 57.7 Å². The molecule has 0 bridgehead atoms. The predicted octanol–water partition coefficient (Wildman–Crippen LogP) is 5.03. The fraction of sp³-hybridized carbons (Fsp3) is 0.348. The number of hydrogen-bond donors (Lipinski definition) is 1. The Labute approximate surface area is 191 Å². The summed E-state index contributed by atoms with van der Waals surface area (Å²) in [6.45, 7) is 7.03. The molecule has 3 aromatic rings. The summed E-state index contributed by atoms with van der Waals surface area (Å²) < 4.78 is 18.0. The monoisotopic (exact) mass is 459 g/mol. The summed E-state index contributed by atoms with van der Waals surface area (Å²) in [5, 5.41) is 6.91. The van der Waals surface area contributed by atoms with Crippen LogP contribution in [0.4, 0.5) is 5.00 Å². The zero-order valence-corrected chi connectivity index (χ0v) is 19.3. The maximum absolute atomic E-state index is 6.49. The predicted molar refractivity (Wildman–Crippen MR) is 129 cm³/mol. The molecule has 0 spiro atoms. The van der Waals surface area contributed by atoms with Gasteiger partial charge in [-0.15, -0.1) is 11.3 Å². The van der Waals surface area contributed by atoms with E-state index in [9.17, 15) is 0 Å². The molecule has 1 aromatic heterocycles. The number of thiophene rings is 1. The third kappa shape index (κ3) is 5.49. The van der Waals surface area contributed by atoms with Crippen molar-refractivity contribution >= 4 is 44.2 Å². The smallest absolute Gasteiger partial charge is 0.161 e. The first kappa shape index (κ1) is 21.9. The Bertz CT molecular complexity index is 1060. The highest BCUT2D eigenvalue weighted by atomic mass is 35.5. The number of rotatable bonds is 8. The van der Waals surface area contributed by atoms with Gasteiger partial charge in [-0.05, 0) is 42.3 Å². The molecule has 6 nitrogen and oxygen atoms in total. The Balaban J connectivity index is 1.37. The normalized spacial score (nSPS) is 14.9. The summed E-state index contributed by atoms with van der Waals surface area (Å²) >= 11 is 8.08. The minimum atomic E-state index is 0.606. The lowest BCUT2D eigenvalue weighted by Crippen LogP contribution is -2.38. The van der Waals surface area contributed by atoms with Crippen LogP contribution in [0.2, 0.25) is 5.02 Å². The van der Waals surface area contributed by atoms with Crippen LogP contribution in [0.25, 0.3) is 10.1 Å². The van der Waals surface area contributed by atoms with E-state index in [1.807, 2.05) is 24.3 Å². The van der Waals surface area contributed by atoms with Gasteiger partial charge >= 0.3 is 0 Å². The highest BCUT2D eigenvalue weighted by Gasteiger charge is 2.12. The van der Waals surface area contributed by atoms with Gasteiger partial charge in [0.15, 0.2) is 11.5 Å². The van der Waals surface area contributed by atoms with E-state index in [0.717, 1.165) is 59.2 Å². The summed E-state index contributed by atoms with van der Waals surface area (Å²) in [4.78, 5) is 2.34. The van der Waals surface area contributed by atoms with Crippen molar-refractivity contribution in [2.75, 3.05) is 52.0 Å². The molecule has 8 heteroatoms. The largest absolute Gasteiger partial charge is 0.493 e. The van der Waals surface area contributed by atoms with Crippen molar-refractivity contribution in [3.05, 3.63) is 52.5 Å². The van der Waals surface area contributed by atoms with Crippen molar-refractivity contribution < 1.29 is 14.2 Å². The molecule has 2 aromatic carbocycles. The molecular formula is C23H26ClN3O3S. The van der Waals surface area contributed by atoms with Gasteiger partial charge in [0, 0.05) is 29.7 Å². The lowest BCUT2D eigenvalue weighted by molar-refractivity contribution is 0.0321. The highest BCUT2D eigenvalue weighted by molar-refractivity contribution is 7.23. The van der Waals surface area contributed by atoms with E-state index in [-0.39, 0.29) is 0 Å².